The molecular weight excluding hydrogens is 156 g/mol. The van der Waals surface area contributed by atoms with Gasteiger partial charge in [-0.05, 0) is 42.9 Å². The third kappa shape index (κ3) is 2.08. The third-order valence-electron chi connectivity index (χ3n) is 4.59. The summed E-state index contributed by atoms with van der Waals surface area (Å²) in [7, 11) is 0. The molecular formula is C13H24. The molecule has 2 saturated carbocycles. The number of hydrogen-bond acceptors (Lipinski definition) is 0. The highest BCUT2D eigenvalue weighted by atomic mass is 14.4. The second kappa shape index (κ2) is 4.02. The van der Waals surface area contributed by atoms with Crippen molar-refractivity contribution in [2.75, 3.05) is 0 Å². The molecule has 2 fully saturated rings. The van der Waals surface area contributed by atoms with Gasteiger partial charge < -0.3 is 0 Å². The molecule has 0 bridgehead atoms. The summed E-state index contributed by atoms with van der Waals surface area (Å²) >= 11 is 0. The van der Waals surface area contributed by atoms with Gasteiger partial charge in [0.25, 0.3) is 0 Å². The van der Waals surface area contributed by atoms with E-state index < -0.39 is 0 Å². The molecule has 0 heterocycles. The average Bonchev–Trinajstić information content (AvgIpc) is 2.53. The predicted octanol–water partition coefficient (Wildman–Crippen LogP) is 4.25. The average molecular weight is 180 g/mol. The summed E-state index contributed by atoms with van der Waals surface area (Å²) in [6, 6.07) is 0. The maximum absolute atomic E-state index is 2.48. The Bertz CT molecular complexity index is 153. The van der Waals surface area contributed by atoms with Crippen LogP contribution in [0.5, 0.6) is 0 Å². The Kier molecular flexibility index (Phi) is 2.96. The van der Waals surface area contributed by atoms with E-state index in [-0.39, 0.29) is 0 Å². The largest absolute Gasteiger partial charge is 0.0625 e. The number of rotatable bonds is 1. The molecule has 0 nitrogen and oxygen atoms in total. The summed E-state index contributed by atoms with van der Waals surface area (Å²) < 4.78 is 0. The highest BCUT2D eigenvalue weighted by Gasteiger charge is 2.32. The summed E-state index contributed by atoms with van der Waals surface area (Å²) in [4.78, 5) is 0. The van der Waals surface area contributed by atoms with Gasteiger partial charge in [0.1, 0.15) is 0 Å². The fourth-order valence-corrected chi connectivity index (χ4v) is 3.59. The quantitative estimate of drug-likeness (QED) is 0.566. The SMILES string of the molecule is CC1CCC(C2CCCC2C)CC1. The molecule has 0 saturated heterocycles. The zero-order valence-corrected chi connectivity index (χ0v) is 9.26. The molecule has 2 atom stereocenters. The van der Waals surface area contributed by atoms with E-state index in [2.05, 4.69) is 13.8 Å². The molecule has 0 spiro atoms. The minimum atomic E-state index is 1.02. The van der Waals surface area contributed by atoms with E-state index in [1.807, 2.05) is 0 Å². The zero-order valence-electron chi connectivity index (χ0n) is 9.26. The first-order valence-electron chi connectivity index (χ1n) is 6.27. The van der Waals surface area contributed by atoms with E-state index in [0.717, 1.165) is 23.7 Å². The second-order valence-corrected chi connectivity index (χ2v) is 5.59. The van der Waals surface area contributed by atoms with Gasteiger partial charge in [-0.1, -0.05) is 39.5 Å². The van der Waals surface area contributed by atoms with E-state index in [4.69, 9.17) is 0 Å². The normalized spacial score (nSPS) is 46.6. The van der Waals surface area contributed by atoms with Gasteiger partial charge in [0.2, 0.25) is 0 Å². The smallest absolute Gasteiger partial charge is 0.0360 e. The van der Waals surface area contributed by atoms with Gasteiger partial charge in [-0.15, -0.1) is 0 Å². The molecule has 0 aromatic heterocycles. The highest BCUT2D eigenvalue weighted by molar-refractivity contribution is 4.83. The Morgan fingerprint density at radius 1 is 0.769 bits per heavy atom. The van der Waals surface area contributed by atoms with Gasteiger partial charge in [-0.2, -0.15) is 0 Å². The van der Waals surface area contributed by atoms with Crippen molar-refractivity contribution in [3.63, 3.8) is 0 Å². The summed E-state index contributed by atoms with van der Waals surface area (Å²) in [5, 5.41) is 0. The highest BCUT2D eigenvalue weighted by Crippen LogP contribution is 2.43. The third-order valence-corrected chi connectivity index (χ3v) is 4.59. The summed E-state index contributed by atoms with van der Waals surface area (Å²) in [5.74, 6) is 4.27. The minimum Gasteiger partial charge on any atom is -0.0625 e. The van der Waals surface area contributed by atoms with Gasteiger partial charge in [-0.3, -0.25) is 0 Å². The lowest BCUT2D eigenvalue weighted by atomic mass is 9.73. The monoisotopic (exact) mass is 180 g/mol. The van der Waals surface area contributed by atoms with Crippen molar-refractivity contribution < 1.29 is 0 Å². The molecule has 0 aromatic rings. The topological polar surface area (TPSA) is 0 Å². The molecule has 0 N–H and O–H groups in total. The lowest BCUT2D eigenvalue weighted by molar-refractivity contribution is 0.184. The molecule has 13 heavy (non-hydrogen) atoms. The molecule has 76 valence electrons. The van der Waals surface area contributed by atoms with E-state index in [9.17, 15) is 0 Å². The maximum atomic E-state index is 2.48. The van der Waals surface area contributed by atoms with Crippen LogP contribution in [0.4, 0.5) is 0 Å². The van der Waals surface area contributed by atoms with Crippen LogP contribution in [0.25, 0.3) is 0 Å². The van der Waals surface area contributed by atoms with Crippen molar-refractivity contribution in [3.8, 4) is 0 Å². The lowest BCUT2D eigenvalue weighted by Gasteiger charge is -2.32. The van der Waals surface area contributed by atoms with E-state index in [1.165, 1.54) is 38.5 Å². The van der Waals surface area contributed by atoms with Gasteiger partial charge in [0.15, 0.2) is 0 Å². The maximum Gasteiger partial charge on any atom is -0.0360 e. The molecule has 0 radical (unpaired) electrons. The second-order valence-electron chi connectivity index (χ2n) is 5.59. The molecule has 0 aliphatic heterocycles. The van der Waals surface area contributed by atoms with Gasteiger partial charge in [0.05, 0.1) is 0 Å². The Labute approximate surface area is 83.1 Å². The Morgan fingerprint density at radius 2 is 1.46 bits per heavy atom. The van der Waals surface area contributed by atoms with E-state index in [1.54, 1.807) is 6.42 Å². The van der Waals surface area contributed by atoms with Crippen LogP contribution in [0, 0.1) is 23.7 Å². The first-order chi connectivity index (χ1) is 6.27. The molecule has 2 unspecified atom stereocenters. The van der Waals surface area contributed by atoms with Gasteiger partial charge in [-0.25, -0.2) is 0 Å². The summed E-state index contributed by atoms with van der Waals surface area (Å²) in [6.45, 7) is 4.91. The van der Waals surface area contributed by atoms with Crippen molar-refractivity contribution in [3.05, 3.63) is 0 Å². The molecule has 0 amide bonds. The van der Waals surface area contributed by atoms with Crippen LogP contribution in [-0.2, 0) is 0 Å². The molecule has 2 rings (SSSR count). The van der Waals surface area contributed by atoms with Crippen LogP contribution < -0.4 is 0 Å². The summed E-state index contributed by atoms with van der Waals surface area (Å²) in [5.41, 5.74) is 0. The fraction of sp³-hybridized carbons (Fsp3) is 1.00. The van der Waals surface area contributed by atoms with Crippen molar-refractivity contribution in [2.45, 2.75) is 58.8 Å². The van der Waals surface area contributed by atoms with Crippen molar-refractivity contribution in [1.29, 1.82) is 0 Å². The fourth-order valence-electron chi connectivity index (χ4n) is 3.59. The molecule has 2 aliphatic rings. The Morgan fingerprint density at radius 3 is 2.00 bits per heavy atom. The first-order valence-corrected chi connectivity index (χ1v) is 6.27. The predicted molar refractivity (Wildman–Crippen MR) is 57.6 cm³/mol. The molecule has 2 aliphatic carbocycles. The van der Waals surface area contributed by atoms with Gasteiger partial charge in [0, 0.05) is 0 Å². The van der Waals surface area contributed by atoms with Crippen LogP contribution in [0.1, 0.15) is 58.8 Å². The summed E-state index contributed by atoms with van der Waals surface area (Å²) in [6.07, 6.45) is 10.7. The van der Waals surface area contributed by atoms with E-state index in [0.29, 0.717) is 0 Å². The van der Waals surface area contributed by atoms with Crippen LogP contribution in [0.15, 0.2) is 0 Å². The molecule has 0 aromatic carbocycles. The van der Waals surface area contributed by atoms with Crippen LogP contribution >= 0.6 is 0 Å². The zero-order chi connectivity index (χ0) is 9.26. The van der Waals surface area contributed by atoms with Crippen LogP contribution in [0.3, 0.4) is 0 Å². The Balaban J connectivity index is 1.86. The number of hydrogen-bond donors (Lipinski definition) is 0. The minimum absolute atomic E-state index is 1.02. The van der Waals surface area contributed by atoms with Crippen LogP contribution in [0.2, 0.25) is 0 Å². The standard InChI is InChI=1S/C13H24/c1-10-6-8-12(9-7-10)13-5-3-4-11(13)2/h10-13H,3-9H2,1-2H3. The van der Waals surface area contributed by atoms with Crippen molar-refractivity contribution in [1.82, 2.24) is 0 Å². The van der Waals surface area contributed by atoms with Crippen molar-refractivity contribution >= 4 is 0 Å². The Hall–Kier alpha value is 0. The lowest BCUT2D eigenvalue weighted by Crippen LogP contribution is -2.22. The van der Waals surface area contributed by atoms with Gasteiger partial charge >= 0.3 is 0 Å². The van der Waals surface area contributed by atoms with Crippen LogP contribution in [-0.4, -0.2) is 0 Å². The first kappa shape index (κ1) is 9.55. The van der Waals surface area contributed by atoms with Crippen molar-refractivity contribution in [2.24, 2.45) is 23.7 Å². The van der Waals surface area contributed by atoms with E-state index >= 15 is 0 Å². The molecule has 0 heteroatoms.